The normalized spacial score (nSPS) is 17.2. The monoisotopic (exact) mass is 531 g/mol. The Kier molecular flexibility index (Phi) is 6.94. The molecule has 0 bridgehead atoms. The molecular formula is C27H25ClF3N3O3. The highest BCUT2D eigenvalue weighted by molar-refractivity contribution is 6.30. The number of carbonyl (C=O) groups excluding carboxylic acids is 1. The molecule has 0 unspecified atom stereocenters. The molecule has 0 radical (unpaired) electrons. The summed E-state index contributed by atoms with van der Waals surface area (Å²) in [5, 5.41) is 11.5. The largest absolute Gasteiger partial charge is 0.465 e. The van der Waals surface area contributed by atoms with Crippen molar-refractivity contribution in [3.05, 3.63) is 82.4 Å². The van der Waals surface area contributed by atoms with Gasteiger partial charge in [-0.1, -0.05) is 44.5 Å². The molecule has 2 amide bonds. The Morgan fingerprint density at radius 1 is 1.19 bits per heavy atom. The summed E-state index contributed by atoms with van der Waals surface area (Å²) in [6, 6.07) is 8.33. The zero-order chi connectivity index (χ0) is 27.1. The molecule has 3 aromatic rings. The van der Waals surface area contributed by atoms with Crippen molar-refractivity contribution in [1.82, 2.24) is 10.3 Å². The number of nitrogens with one attached hydrogen (secondary N) is 1. The number of benzene rings is 2. The van der Waals surface area contributed by atoms with Crippen molar-refractivity contribution in [3.8, 4) is 11.1 Å². The summed E-state index contributed by atoms with van der Waals surface area (Å²) in [6.45, 7) is 5.72. The Labute approximate surface area is 217 Å². The molecule has 0 fully saturated rings. The number of halogens is 4. The van der Waals surface area contributed by atoms with E-state index in [1.54, 1.807) is 36.5 Å². The molecule has 1 atom stereocenters. The van der Waals surface area contributed by atoms with Crippen LogP contribution in [0, 0.1) is 5.82 Å². The van der Waals surface area contributed by atoms with Crippen LogP contribution < -0.4 is 10.2 Å². The van der Waals surface area contributed by atoms with Crippen LogP contribution >= 0.6 is 11.6 Å². The molecule has 2 heterocycles. The zero-order valence-electron chi connectivity index (χ0n) is 20.4. The van der Waals surface area contributed by atoms with Crippen molar-refractivity contribution in [3.63, 3.8) is 0 Å². The minimum Gasteiger partial charge on any atom is -0.465 e. The van der Waals surface area contributed by atoms with Crippen LogP contribution in [-0.4, -0.2) is 28.1 Å². The van der Waals surface area contributed by atoms with E-state index in [4.69, 9.17) is 11.6 Å². The van der Waals surface area contributed by atoms with Crippen LogP contribution in [0.5, 0.6) is 0 Å². The molecule has 1 aliphatic heterocycles. The fourth-order valence-electron chi connectivity index (χ4n) is 4.25. The van der Waals surface area contributed by atoms with Gasteiger partial charge >= 0.3 is 6.09 Å². The second-order valence-electron chi connectivity index (χ2n) is 10.0. The van der Waals surface area contributed by atoms with E-state index in [1.165, 1.54) is 12.3 Å². The van der Waals surface area contributed by atoms with Gasteiger partial charge in [-0.05, 0) is 46.9 Å². The van der Waals surface area contributed by atoms with Gasteiger partial charge in [0.25, 0.3) is 5.92 Å². The number of nitrogens with zero attached hydrogens (tertiary/aromatic N) is 2. The van der Waals surface area contributed by atoms with Gasteiger partial charge in [0.05, 0.1) is 12.2 Å². The first-order valence-corrected chi connectivity index (χ1v) is 11.9. The number of fused-ring (bicyclic) bond motifs is 1. The Bertz CT molecular complexity index is 1360. The molecule has 37 heavy (non-hydrogen) atoms. The van der Waals surface area contributed by atoms with E-state index < -0.39 is 41.8 Å². The average Bonchev–Trinajstić information content (AvgIpc) is 2.88. The average molecular weight is 532 g/mol. The lowest BCUT2D eigenvalue weighted by atomic mass is 9.86. The fraction of sp³-hybridized carbons (Fsp3) is 0.296. The third-order valence-corrected chi connectivity index (χ3v) is 6.51. The van der Waals surface area contributed by atoms with E-state index >= 15 is 13.2 Å². The summed E-state index contributed by atoms with van der Waals surface area (Å²) in [4.78, 5) is 30.0. The summed E-state index contributed by atoms with van der Waals surface area (Å²) in [5.74, 6) is -5.48. The van der Waals surface area contributed by atoms with E-state index in [0.29, 0.717) is 16.1 Å². The van der Waals surface area contributed by atoms with E-state index in [2.05, 4.69) is 4.98 Å². The quantitative estimate of drug-likeness (QED) is 0.402. The van der Waals surface area contributed by atoms with Crippen molar-refractivity contribution >= 4 is 29.3 Å². The van der Waals surface area contributed by atoms with Gasteiger partial charge in [0, 0.05) is 40.5 Å². The molecule has 1 aromatic heterocycles. The zero-order valence-corrected chi connectivity index (χ0v) is 21.1. The predicted octanol–water partition coefficient (Wildman–Crippen LogP) is 6.50. The maximum Gasteiger partial charge on any atom is 0.405 e. The lowest BCUT2D eigenvalue weighted by Crippen LogP contribution is -2.48. The molecule has 0 saturated carbocycles. The molecule has 0 saturated heterocycles. The third kappa shape index (κ3) is 5.56. The molecule has 0 spiro atoms. The Hall–Kier alpha value is -3.59. The van der Waals surface area contributed by atoms with Gasteiger partial charge in [-0.15, -0.1) is 0 Å². The highest BCUT2D eigenvalue weighted by atomic mass is 35.5. The molecule has 6 nitrogen and oxygen atoms in total. The van der Waals surface area contributed by atoms with Crippen LogP contribution in [0.1, 0.15) is 43.9 Å². The number of carboxylic acid groups (broad SMARTS) is 1. The number of rotatable bonds is 4. The molecule has 2 aromatic carbocycles. The number of aromatic nitrogens is 1. The lowest BCUT2D eigenvalue weighted by molar-refractivity contribution is -0.122. The fourth-order valence-corrected chi connectivity index (χ4v) is 4.38. The van der Waals surface area contributed by atoms with Crippen LogP contribution in [0.2, 0.25) is 5.02 Å². The lowest BCUT2D eigenvalue weighted by Gasteiger charge is -2.26. The van der Waals surface area contributed by atoms with Crippen LogP contribution in [0.4, 0.5) is 23.7 Å². The van der Waals surface area contributed by atoms with Crippen molar-refractivity contribution in [2.45, 2.75) is 51.1 Å². The van der Waals surface area contributed by atoms with E-state index in [0.717, 1.165) is 16.5 Å². The molecular weight excluding hydrogens is 507 g/mol. The number of alkyl halides is 2. The van der Waals surface area contributed by atoms with Gasteiger partial charge in [-0.3, -0.25) is 9.78 Å². The first kappa shape index (κ1) is 26.5. The minimum absolute atomic E-state index is 0.00769. The number of amides is 2. The van der Waals surface area contributed by atoms with Gasteiger partial charge in [0.1, 0.15) is 11.9 Å². The molecule has 194 valence electrons. The number of anilines is 1. The summed E-state index contributed by atoms with van der Waals surface area (Å²) < 4.78 is 46.2. The molecule has 2 N–H and O–H groups in total. The van der Waals surface area contributed by atoms with Crippen LogP contribution in [-0.2, 0) is 22.7 Å². The van der Waals surface area contributed by atoms with Gasteiger partial charge in [0.2, 0.25) is 5.91 Å². The summed E-state index contributed by atoms with van der Waals surface area (Å²) in [6.07, 6.45) is 0.303. The van der Waals surface area contributed by atoms with E-state index in [-0.39, 0.29) is 23.2 Å². The summed E-state index contributed by atoms with van der Waals surface area (Å²) >= 11 is 5.96. The standard InChI is InChI=1S/C27H25ClF3N3O3/c1-26(2,3)17-8-16(12-32-13-17)19-9-23-20(10-21(19)29)27(30,31)11-22(33-25(36)37)24(35)34(23)14-15-4-6-18(28)7-5-15/h4-10,12-13,22,33H,11,14H2,1-3H3,(H,36,37)/t22-/m1/s1. The topological polar surface area (TPSA) is 82.5 Å². The highest BCUT2D eigenvalue weighted by Gasteiger charge is 2.46. The van der Waals surface area contributed by atoms with Crippen LogP contribution in [0.3, 0.4) is 0 Å². The molecule has 1 aliphatic rings. The first-order valence-electron chi connectivity index (χ1n) is 11.5. The maximum absolute atomic E-state index is 15.4. The molecule has 10 heteroatoms. The van der Waals surface area contributed by atoms with Crippen LogP contribution in [0.15, 0.2) is 54.9 Å². The molecule has 0 aliphatic carbocycles. The van der Waals surface area contributed by atoms with E-state index in [1.807, 2.05) is 26.1 Å². The molecule has 4 rings (SSSR count). The minimum atomic E-state index is -3.70. The number of hydrogen-bond donors (Lipinski definition) is 2. The highest BCUT2D eigenvalue weighted by Crippen LogP contribution is 2.45. The Morgan fingerprint density at radius 3 is 2.49 bits per heavy atom. The third-order valence-electron chi connectivity index (χ3n) is 6.26. The van der Waals surface area contributed by atoms with Gasteiger partial charge < -0.3 is 15.3 Å². The predicted molar refractivity (Wildman–Crippen MR) is 134 cm³/mol. The second-order valence-corrected chi connectivity index (χ2v) is 10.5. The van der Waals surface area contributed by atoms with Crippen molar-refractivity contribution < 1.29 is 27.9 Å². The number of pyridine rings is 1. The summed E-state index contributed by atoms with van der Waals surface area (Å²) in [7, 11) is 0. The van der Waals surface area contributed by atoms with Crippen molar-refractivity contribution in [1.29, 1.82) is 0 Å². The SMILES string of the molecule is CC(C)(C)c1cncc(-c2cc3c(cc2F)C(F)(F)C[C@@H](NC(=O)O)C(=O)N3Cc2ccc(Cl)cc2)c1. The summed E-state index contributed by atoms with van der Waals surface area (Å²) in [5.41, 5.74) is 0.508. The Balaban J connectivity index is 1.91. The smallest absolute Gasteiger partial charge is 0.405 e. The van der Waals surface area contributed by atoms with Gasteiger partial charge in [-0.25, -0.2) is 18.0 Å². The number of carbonyl (C=O) groups is 2. The van der Waals surface area contributed by atoms with Gasteiger partial charge in [0.15, 0.2) is 0 Å². The first-order chi connectivity index (χ1) is 17.3. The second kappa shape index (κ2) is 9.70. The van der Waals surface area contributed by atoms with Crippen LogP contribution in [0.25, 0.3) is 11.1 Å². The van der Waals surface area contributed by atoms with Gasteiger partial charge in [-0.2, -0.15) is 0 Å². The van der Waals surface area contributed by atoms with Crippen molar-refractivity contribution in [2.75, 3.05) is 4.90 Å². The van der Waals surface area contributed by atoms with Crippen molar-refractivity contribution in [2.24, 2.45) is 0 Å². The Morgan fingerprint density at radius 2 is 1.86 bits per heavy atom. The number of hydrogen-bond acceptors (Lipinski definition) is 3. The van der Waals surface area contributed by atoms with E-state index in [9.17, 15) is 14.7 Å². The maximum atomic E-state index is 15.4.